The molecule has 1 aromatic rings. The van der Waals surface area contributed by atoms with Gasteiger partial charge in [-0.05, 0) is 43.4 Å². The molecular formula is C17H23N3O. The van der Waals surface area contributed by atoms with E-state index in [9.17, 15) is 4.79 Å². The molecule has 4 nitrogen and oxygen atoms in total. The summed E-state index contributed by atoms with van der Waals surface area (Å²) in [6, 6.07) is 8.95. The highest BCUT2D eigenvalue weighted by atomic mass is 16.2. The Labute approximate surface area is 125 Å². The number of rotatable bonds is 4. The molecule has 0 aromatic heterocycles. The number of para-hydroxylation sites is 1. The lowest BCUT2D eigenvalue weighted by atomic mass is 10.1. The van der Waals surface area contributed by atoms with E-state index in [-0.39, 0.29) is 11.9 Å². The molecule has 1 aromatic carbocycles. The molecule has 1 amide bonds. The smallest absolute Gasteiger partial charge is 0.242 e. The number of hydrogen-bond acceptors (Lipinski definition) is 3. The summed E-state index contributed by atoms with van der Waals surface area (Å²) < 4.78 is 0. The van der Waals surface area contributed by atoms with Gasteiger partial charge in [-0.25, -0.2) is 0 Å². The normalized spacial score (nSPS) is 28.2. The van der Waals surface area contributed by atoms with E-state index in [1.54, 1.807) is 0 Å². The summed E-state index contributed by atoms with van der Waals surface area (Å²) in [5, 5.41) is 6.48. The SMILES string of the molecule is O=C(NCC1CCN(C2CC2)C1)[C@@H]1Cc2ccccc2N1. The van der Waals surface area contributed by atoms with Crippen molar-refractivity contribution in [1.29, 1.82) is 0 Å². The van der Waals surface area contributed by atoms with Gasteiger partial charge >= 0.3 is 0 Å². The number of nitrogens with zero attached hydrogens (tertiary/aromatic N) is 1. The number of benzene rings is 1. The van der Waals surface area contributed by atoms with Gasteiger partial charge < -0.3 is 15.5 Å². The van der Waals surface area contributed by atoms with Crippen LogP contribution < -0.4 is 10.6 Å². The highest BCUT2D eigenvalue weighted by Crippen LogP contribution is 2.31. The quantitative estimate of drug-likeness (QED) is 0.883. The van der Waals surface area contributed by atoms with Crippen LogP contribution in [0, 0.1) is 5.92 Å². The monoisotopic (exact) mass is 285 g/mol. The van der Waals surface area contributed by atoms with E-state index in [4.69, 9.17) is 0 Å². The summed E-state index contributed by atoms with van der Waals surface area (Å²) >= 11 is 0. The van der Waals surface area contributed by atoms with Crippen molar-refractivity contribution < 1.29 is 4.79 Å². The second-order valence-electron chi connectivity index (χ2n) is 6.68. The van der Waals surface area contributed by atoms with Crippen molar-refractivity contribution in [2.75, 3.05) is 25.0 Å². The fraction of sp³-hybridized carbons (Fsp3) is 0.588. The van der Waals surface area contributed by atoms with Crippen LogP contribution in [0.1, 0.15) is 24.8 Å². The number of carbonyl (C=O) groups excluding carboxylic acids is 1. The predicted octanol–water partition coefficient (Wildman–Crippen LogP) is 1.62. The second-order valence-corrected chi connectivity index (χ2v) is 6.68. The Kier molecular flexibility index (Phi) is 3.34. The third-order valence-corrected chi connectivity index (χ3v) is 5.03. The molecule has 0 radical (unpaired) electrons. The highest BCUT2D eigenvalue weighted by molar-refractivity contribution is 5.87. The number of likely N-dealkylation sites (tertiary alicyclic amines) is 1. The number of hydrogen-bond donors (Lipinski definition) is 2. The minimum absolute atomic E-state index is 0.0941. The first kappa shape index (κ1) is 13.1. The maximum absolute atomic E-state index is 12.3. The molecule has 4 heteroatoms. The van der Waals surface area contributed by atoms with E-state index in [0.717, 1.165) is 24.7 Å². The first-order valence-electron chi connectivity index (χ1n) is 8.16. The van der Waals surface area contributed by atoms with Gasteiger partial charge in [0.1, 0.15) is 6.04 Å². The van der Waals surface area contributed by atoms with Gasteiger partial charge in [0.25, 0.3) is 0 Å². The van der Waals surface area contributed by atoms with Gasteiger partial charge in [0.15, 0.2) is 0 Å². The molecule has 4 rings (SSSR count). The number of nitrogens with one attached hydrogen (secondary N) is 2. The standard InChI is InChI=1S/C17H23N3O/c21-17(16-9-13-3-1-2-4-15(13)19-16)18-10-12-7-8-20(11-12)14-5-6-14/h1-4,12,14,16,19H,5-11H2,(H,18,21)/t12?,16-/m0/s1. The van der Waals surface area contributed by atoms with Crippen molar-refractivity contribution in [3.05, 3.63) is 29.8 Å². The summed E-state index contributed by atoms with van der Waals surface area (Å²) in [6.07, 6.45) is 4.79. The van der Waals surface area contributed by atoms with Gasteiger partial charge in [0.05, 0.1) is 0 Å². The predicted molar refractivity (Wildman–Crippen MR) is 83.3 cm³/mol. The molecule has 0 spiro atoms. The lowest BCUT2D eigenvalue weighted by molar-refractivity contribution is -0.121. The number of carbonyl (C=O) groups is 1. The van der Waals surface area contributed by atoms with E-state index in [1.807, 2.05) is 18.2 Å². The second kappa shape index (κ2) is 5.34. The molecule has 1 saturated carbocycles. The molecule has 1 unspecified atom stereocenters. The average Bonchev–Trinajstić information content (AvgIpc) is 3.09. The van der Waals surface area contributed by atoms with Gasteiger partial charge in [-0.15, -0.1) is 0 Å². The van der Waals surface area contributed by atoms with E-state index in [2.05, 4.69) is 21.6 Å². The molecule has 21 heavy (non-hydrogen) atoms. The van der Waals surface area contributed by atoms with Crippen LogP contribution >= 0.6 is 0 Å². The van der Waals surface area contributed by atoms with Crippen molar-refractivity contribution in [3.8, 4) is 0 Å². The van der Waals surface area contributed by atoms with Crippen LogP contribution in [0.4, 0.5) is 5.69 Å². The Morgan fingerprint density at radius 1 is 1.29 bits per heavy atom. The Hall–Kier alpha value is -1.55. The third kappa shape index (κ3) is 2.77. The Bertz CT molecular complexity index is 516. The largest absolute Gasteiger partial charge is 0.373 e. The Balaban J connectivity index is 1.26. The van der Waals surface area contributed by atoms with E-state index in [0.29, 0.717) is 5.92 Å². The van der Waals surface area contributed by atoms with E-state index < -0.39 is 0 Å². The first-order valence-corrected chi connectivity index (χ1v) is 8.16. The Morgan fingerprint density at radius 3 is 2.95 bits per heavy atom. The number of anilines is 1. The van der Waals surface area contributed by atoms with Crippen LogP contribution in [-0.2, 0) is 11.2 Å². The molecule has 2 atom stereocenters. The van der Waals surface area contributed by atoms with E-state index in [1.165, 1.54) is 37.9 Å². The van der Waals surface area contributed by atoms with Crippen molar-refractivity contribution in [1.82, 2.24) is 10.2 Å². The van der Waals surface area contributed by atoms with E-state index >= 15 is 0 Å². The third-order valence-electron chi connectivity index (χ3n) is 5.03. The van der Waals surface area contributed by atoms with Crippen molar-refractivity contribution in [2.24, 2.45) is 5.92 Å². The van der Waals surface area contributed by atoms with Crippen LogP contribution in [0.25, 0.3) is 0 Å². The van der Waals surface area contributed by atoms with Crippen LogP contribution in [0.2, 0.25) is 0 Å². The highest BCUT2D eigenvalue weighted by Gasteiger charge is 2.34. The van der Waals surface area contributed by atoms with Crippen molar-refractivity contribution in [3.63, 3.8) is 0 Å². The molecule has 2 fully saturated rings. The topological polar surface area (TPSA) is 44.4 Å². The zero-order valence-corrected chi connectivity index (χ0v) is 12.3. The molecule has 2 heterocycles. The molecule has 1 aliphatic carbocycles. The van der Waals surface area contributed by atoms with Gasteiger partial charge in [0, 0.05) is 31.2 Å². The minimum atomic E-state index is -0.0941. The fourth-order valence-electron chi connectivity index (χ4n) is 3.62. The fourth-order valence-corrected chi connectivity index (χ4v) is 3.62. The lowest BCUT2D eigenvalue weighted by Gasteiger charge is -2.17. The molecule has 3 aliphatic rings. The number of fused-ring (bicyclic) bond motifs is 1. The van der Waals surface area contributed by atoms with Crippen LogP contribution in [-0.4, -0.2) is 42.5 Å². The minimum Gasteiger partial charge on any atom is -0.373 e. The van der Waals surface area contributed by atoms with Crippen molar-refractivity contribution >= 4 is 11.6 Å². The van der Waals surface area contributed by atoms with Gasteiger partial charge in [-0.3, -0.25) is 4.79 Å². The summed E-state index contributed by atoms with van der Waals surface area (Å²) in [4.78, 5) is 14.9. The molecule has 1 saturated heterocycles. The average molecular weight is 285 g/mol. The zero-order valence-electron chi connectivity index (χ0n) is 12.3. The molecular weight excluding hydrogens is 262 g/mol. The first-order chi connectivity index (χ1) is 10.3. The van der Waals surface area contributed by atoms with Gasteiger partial charge in [0.2, 0.25) is 5.91 Å². The number of amides is 1. The molecule has 2 N–H and O–H groups in total. The maximum Gasteiger partial charge on any atom is 0.242 e. The van der Waals surface area contributed by atoms with Gasteiger partial charge in [-0.1, -0.05) is 18.2 Å². The molecule has 112 valence electrons. The maximum atomic E-state index is 12.3. The summed E-state index contributed by atoms with van der Waals surface area (Å²) in [5.41, 5.74) is 2.36. The van der Waals surface area contributed by atoms with Crippen LogP contribution in [0.15, 0.2) is 24.3 Å². The van der Waals surface area contributed by atoms with Crippen LogP contribution in [0.3, 0.4) is 0 Å². The van der Waals surface area contributed by atoms with Crippen LogP contribution in [0.5, 0.6) is 0 Å². The summed E-state index contributed by atoms with van der Waals surface area (Å²) in [5.74, 6) is 0.786. The molecule has 0 bridgehead atoms. The lowest BCUT2D eigenvalue weighted by Crippen LogP contribution is -2.41. The van der Waals surface area contributed by atoms with Gasteiger partial charge in [-0.2, -0.15) is 0 Å². The molecule has 2 aliphatic heterocycles. The zero-order chi connectivity index (χ0) is 14.2. The van der Waals surface area contributed by atoms with Crippen molar-refractivity contribution in [2.45, 2.75) is 37.8 Å². The summed E-state index contributed by atoms with van der Waals surface area (Å²) in [7, 11) is 0. The summed E-state index contributed by atoms with van der Waals surface area (Å²) in [6.45, 7) is 3.22. The Morgan fingerprint density at radius 2 is 2.14 bits per heavy atom.